The van der Waals surface area contributed by atoms with Gasteiger partial charge in [0.1, 0.15) is 11.5 Å². The summed E-state index contributed by atoms with van der Waals surface area (Å²) in [5.41, 5.74) is 2.49. The maximum atomic E-state index is 13.1. The van der Waals surface area contributed by atoms with E-state index in [4.69, 9.17) is 9.15 Å². The summed E-state index contributed by atoms with van der Waals surface area (Å²) < 4.78 is 10.6. The molecule has 0 bridgehead atoms. The Morgan fingerprint density at radius 1 is 1.04 bits per heavy atom. The third-order valence-electron chi connectivity index (χ3n) is 4.07. The van der Waals surface area contributed by atoms with Crippen LogP contribution in [-0.4, -0.2) is 25.0 Å². The first kappa shape index (κ1) is 17.5. The van der Waals surface area contributed by atoms with Gasteiger partial charge in [-0.15, -0.1) is 0 Å². The molecule has 0 fully saturated rings. The van der Waals surface area contributed by atoms with Crippen LogP contribution in [0.15, 0.2) is 77.4 Å². The van der Waals surface area contributed by atoms with Crippen LogP contribution >= 0.6 is 0 Å². The average Bonchev–Trinajstić information content (AvgIpc) is 3.20. The van der Waals surface area contributed by atoms with Crippen molar-refractivity contribution in [3.05, 3.63) is 89.9 Å². The van der Waals surface area contributed by atoms with Crippen LogP contribution in [0.5, 0.6) is 5.75 Å². The van der Waals surface area contributed by atoms with E-state index in [0.29, 0.717) is 17.9 Å². The van der Waals surface area contributed by atoms with Crippen LogP contribution in [0.3, 0.4) is 0 Å². The second-order valence-electron chi connectivity index (χ2n) is 5.95. The Labute approximate surface area is 153 Å². The fourth-order valence-corrected chi connectivity index (χ4v) is 2.68. The topological polar surface area (TPSA) is 42.7 Å². The molecular weight excluding hydrogens is 326 g/mol. The molecule has 0 atom stereocenters. The number of amides is 1. The number of ether oxygens (including phenoxy) is 1. The first-order valence-electron chi connectivity index (χ1n) is 8.36. The summed E-state index contributed by atoms with van der Waals surface area (Å²) in [5, 5.41) is 0. The lowest BCUT2D eigenvalue weighted by molar-refractivity contribution is -0.124. The Hall–Kier alpha value is -3.27. The fraction of sp³-hybridized carbons (Fsp3) is 0.136. The number of hydrogen-bond acceptors (Lipinski definition) is 3. The Balaban J connectivity index is 1.84. The molecule has 0 spiro atoms. The quantitative estimate of drug-likeness (QED) is 0.617. The minimum atomic E-state index is -0.0663. The molecule has 3 rings (SSSR count). The predicted octanol–water partition coefficient (Wildman–Crippen LogP) is 4.49. The summed E-state index contributed by atoms with van der Waals surface area (Å²) in [6, 6.07) is 21.0. The molecule has 0 aliphatic rings. The van der Waals surface area contributed by atoms with Crippen molar-refractivity contribution in [2.24, 2.45) is 0 Å². The minimum absolute atomic E-state index is 0.0663. The SMILES string of the molecule is COc1ccc(CN(C)C(=O)/C(=C/c2ccco2)c2ccccc2)cc1. The van der Waals surface area contributed by atoms with E-state index in [1.165, 1.54) is 0 Å². The largest absolute Gasteiger partial charge is 0.497 e. The van der Waals surface area contributed by atoms with Crippen molar-refractivity contribution in [3.8, 4) is 5.75 Å². The van der Waals surface area contributed by atoms with Gasteiger partial charge < -0.3 is 14.1 Å². The summed E-state index contributed by atoms with van der Waals surface area (Å²) in [7, 11) is 3.43. The standard InChI is InChI=1S/C22H21NO3/c1-23(16-17-10-12-19(25-2)13-11-17)22(24)21(15-20-9-6-14-26-20)18-7-4-3-5-8-18/h3-15H,16H2,1-2H3/b21-15+. The molecule has 0 aliphatic heterocycles. The van der Waals surface area contributed by atoms with Crippen molar-refractivity contribution in [1.82, 2.24) is 4.90 Å². The number of methoxy groups -OCH3 is 1. The van der Waals surface area contributed by atoms with Crippen LogP contribution < -0.4 is 4.74 Å². The van der Waals surface area contributed by atoms with E-state index in [0.717, 1.165) is 16.9 Å². The summed E-state index contributed by atoms with van der Waals surface area (Å²) in [5.74, 6) is 1.38. The van der Waals surface area contributed by atoms with Crippen LogP contribution in [-0.2, 0) is 11.3 Å². The summed E-state index contributed by atoms with van der Waals surface area (Å²) >= 11 is 0. The van der Waals surface area contributed by atoms with Crippen molar-refractivity contribution in [3.63, 3.8) is 0 Å². The number of likely N-dealkylation sites (N-methyl/N-ethyl adjacent to an activating group) is 1. The Morgan fingerprint density at radius 2 is 1.77 bits per heavy atom. The summed E-state index contributed by atoms with van der Waals surface area (Å²) in [4.78, 5) is 14.8. The number of carbonyl (C=O) groups excluding carboxylic acids is 1. The number of hydrogen-bond donors (Lipinski definition) is 0. The van der Waals surface area contributed by atoms with Crippen molar-refractivity contribution in [2.75, 3.05) is 14.2 Å². The van der Waals surface area contributed by atoms with Gasteiger partial charge in [-0.3, -0.25) is 4.79 Å². The molecule has 0 saturated heterocycles. The highest BCUT2D eigenvalue weighted by atomic mass is 16.5. The lowest BCUT2D eigenvalue weighted by Crippen LogP contribution is -2.27. The van der Waals surface area contributed by atoms with Crippen molar-refractivity contribution < 1.29 is 13.9 Å². The number of benzene rings is 2. The van der Waals surface area contributed by atoms with E-state index < -0.39 is 0 Å². The smallest absolute Gasteiger partial charge is 0.254 e. The molecule has 0 saturated carbocycles. The Bertz CT molecular complexity index is 866. The minimum Gasteiger partial charge on any atom is -0.497 e. The first-order valence-corrected chi connectivity index (χ1v) is 8.36. The Kier molecular flexibility index (Phi) is 5.54. The summed E-state index contributed by atoms with van der Waals surface area (Å²) in [6.07, 6.45) is 3.38. The molecule has 1 amide bonds. The van der Waals surface area contributed by atoms with Crippen molar-refractivity contribution in [2.45, 2.75) is 6.54 Å². The molecular formula is C22H21NO3. The lowest BCUT2D eigenvalue weighted by Gasteiger charge is -2.19. The number of furan rings is 1. The second-order valence-corrected chi connectivity index (χ2v) is 5.95. The zero-order valence-electron chi connectivity index (χ0n) is 14.9. The fourth-order valence-electron chi connectivity index (χ4n) is 2.68. The van der Waals surface area contributed by atoms with Crippen LogP contribution in [0, 0.1) is 0 Å². The van der Waals surface area contributed by atoms with Gasteiger partial charge in [0.15, 0.2) is 0 Å². The third kappa shape index (κ3) is 4.22. The Morgan fingerprint density at radius 3 is 2.38 bits per heavy atom. The highest BCUT2D eigenvalue weighted by molar-refractivity contribution is 6.23. The normalized spacial score (nSPS) is 11.2. The molecule has 4 heteroatoms. The first-order chi connectivity index (χ1) is 12.7. The highest BCUT2D eigenvalue weighted by Crippen LogP contribution is 2.22. The maximum Gasteiger partial charge on any atom is 0.254 e. The molecule has 0 unspecified atom stereocenters. The third-order valence-corrected chi connectivity index (χ3v) is 4.07. The van der Waals surface area contributed by atoms with Crippen molar-refractivity contribution in [1.29, 1.82) is 0 Å². The van der Waals surface area contributed by atoms with Crippen molar-refractivity contribution >= 4 is 17.6 Å². The van der Waals surface area contributed by atoms with Gasteiger partial charge in [0.25, 0.3) is 5.91 Å². The summed E-state index contributed by atoms with van der Waals surface area (Å²) in [6.45, 7) is 0.505. The van der Waals surface area contributed by atoms with Crippen LogP contribution in [0.25, 0.3) is 11.6 Å². The molecule has 1 aromatic heterocycles. The van der Waals surface area contributed by atoms with E-state index in [-0.39, 0.29) is 5.91 Å². The zero-order chi connectivity index (χ0) is 18.4. The molecule has 26 heavy (non-hydrogen) atoms. The van der Waals surface area contributed by atoms with Gasteiger partial charge in [0.05, 0.1) is 18.9 Å². The molecule has 3 aromatic rings. The van der Waals surface area contributed by atoms with E-state index in [1.54, 1.807) is 37.5 Å². The van der Waals surface area contributed by atoms with Gasteiger partial charge in [0.2, 0.25) is 0 Å². The molecule has 2 aromatic carbocycles. The predicted molar refractivity (Wildman–Crippen MR) is 102 cm³/mol. The van der Waals surface area contributed by atoms with Gasteiger partial charge in [-0.2, -0.15) is 0 Å². The van der Waals surface area contributed by atoms with E-state index in [1.807, 2.05) is 60.7 Å². The number of nitrogens with zero attached hydrogens (tertiary/aromatic N) is 1. The molecule has 4 nitrogen and oxygen atoms in total. The lowest BCUT2D eigenvalue weighted by atomic mass is 10.0. The molecule has 0 radical (unpaired) electrons. The van der Waals surface area contributed by atoms with Crippen LogP contribution in [0.4, 0.5) is 0 Å². The van der Waals surface area contributed by atoms with Gasteiger partial charge in [-0.05, 0) is 41.5 Å². The van der Waals surface area contributed by atoms with E-state index in [2.05, 4.69) is 0 Å². The van der Waals surface area contributed by atoms with Crippen LogP contribution in [0.2, 0.25) is 0 Å². The van der Waals surface area contributed by atoms with Gasteiger partial charge in [0, 0.05) is 13.6 Å². The number of rotatable bonds is 6. The van der Waals surface area contributed by atoms with Gasteiger partial charge >= 0.3 is 0 Å². The second kappa shape index (κ2) is 8.21. The van der Waals surface area contributed by atoms with Gasteiger partial charge in [-0.25, -0.2) is 0 Å². The number of carbonyl (C=O) groups is 1. The van der Waals surface area contributed by atoms with E-state index >= 15 is 0 Å². The average molecular weight is 347 g/mol. The molecule has 0 aliphatic carbocycles. The molecule has 1 heterocycles. The highest BCUT2D eigenvalue weighted by Gasteiger charge is 2.17. The zero-order valence-corrected chi connectivity index (χ0v) is 14.9. The van der Waals surface area contributed by atoms with Gasteiger partial charge in [-0.1, -0.05) is 42.5 Å². The monoisotopic (exact) mass is 347 g/mol. The molecule has 132 valence electrons. The van der Waals surface area contributed by atoms with E-state index in [9.17, 15) is 4.79 Å². The van der Waals surface area contributed by atoms with Crippen LogP contribution in [0.1, 0.15) is 16.9 Å². The maximum absolute atomic E-state index is 13.1. The molecule has 0 N–H and O–H groups in total.